The molecule has 1 aliphatic rings. The number of carboxylic acids is 1. The maximum atomic E-state index is 13.0. The maximum absolute atomic E-state index is 13.0. The number of anilines is 1. The van der Waals surface area contributed by atoms with Crippen LogP contribution in [-0.4, -0.2) is 50.3 Å². The van der Waals surface area contributed by atoms with E-state index in [1.807, 2.05) is 34.6 Å². The fourth-order valence-corrected chi connectivity index (χ4v) is 4.95. The summed E-state index contributed by atoms with van der Waals surface area (Å²) in [6.45, 7) is 2.01. The van der Waals surface area contributed by atoms with Gasteiger partial charge in [-0.1, -0.05) is 23.7 Å². The van der Waals surface area contributed by atoms with Crippen molar-refractivity contribution in [1.29, 1.82) is 0 Å². The number of imidazole rings is 1. The smallest absolute Gasteiger partial charge is 0.387 e. The number of aromatic nitrogens is 4. The molecule has 1 saturated heterocycles. The predicted molar refractivity (Wildman–Crippen MR) is 140 cm³/mol. The lowest BCUT2D eigenvalue weighted by molar-refractivity contribution is -0.149. The zero-order valence-electron chi connectivity index (χ0n) is 20.9. The van der Waals surface area contributed by atoms with Gasteiger partial charge in [-0.25, -0.2) is 15.0 Å². The van der Waals surface area contributed by atoms with Crippen molar-refractivity contribution in [2.75, 3.05) is 18.0 Å². The largest absolute Gasteiger partial charge is 0.481 e. The summed E-state index contributed by atoms with van der Waals surface area (Å²) in [5, 5.41) is 9.78. The Balaban J connectivity index is 1.41. The summed E-state index contributed by atoms with van der Waals surface area (Å²) in [5.74, 6) is 0.513. The van der Waals surface area contributed by atoms with Crippen LogP contribution in [0.3, 0.4) is 0 Å². The molecule has 0 saturated carbocycles. The van der Waals surface area contributed by atoms with E-state index in [1.54, 1.807) is 31.5 Å². The van der Waals surface area contributed by atoms with Crippen molar-refractivity contribution in [2.45, 2.75) is 39.8 Å². The van der Waals surface area contributed by atoms with E-state index in [9.17, 15) is 18.7 Å². The molecule has 198 valence electrons. The van der Waals surface area contributed by atoms with Gasteiger partial charge in [-0.2, -0.15) is 8.78 Å². The SMILES string of the molecule is Cc1nc2ccc(-c3cnc(N4CCC(C)(C(=O)O)CC4)nc3)cc2n1Cc1c(Cl)cccc1OC(F)F. The molecular weight excluding hydrogens is 516 g/mol. The second-order valence-electron chi connectivity index (χ2n) is 9.67. The van der Waals surface area contributed by atoms with E-state index in [4.69, 9.17) is 16.3 Å². The van der Waals surface area contributed by atoms with Gasteiger partial charge in [0.15, 0.2) is 0 Å². The average molecular weight is 542 g/mol. The van der Waals surface area contributed by atoms with Crippen LogP contribution in [0.25, 0.3) is 22.2 Å². The molecule has 0 bridgehead atoms. The Kier molecular flexibility index (Phi) is 6.92. The summed E-state index contributed by atoms with van der Waals surface area (Å²) in [6.07, 6.45) is 4.54. The number of aliphatic carboxylic acids is 1. The first-order valence-electron chi connectivity index (χ1n) is 12.1. The zero-order chi connectivity index (χ0) is 27.0. The van der Waals surface area contributed by atoms with Crippen molar-refractivity contribution < 1.29 is 23.4 Å². The minimum atomic E-state index is -2.96. The third-order valence-electron chi connectivity index (χ3n) is 7.18. The molecule has 4 aromatic rings. The highest BCUT2D eigenvalue weighted by Crippen LogP contribution is 2.34. The number of alkyl halides is 2. The Morgan fingerprint density at radius 3 is 2.53 bits per heavy atom. The monoisotopic (exact) mass is 541 g/mol. The number of halogens is 3. The summed E-state index contributed by atoms with van der Waals surface area (Å²) in [6, 6.07) is 10.4. The van der Waals surface area contributed by atoms with Crippen LogP contribution in [0.4, 0.5) is 14.7 Å². The van der Waals surface area contributed by atoms with Crippen molar-refractivity contribution in [3.05, 3.63) is 65.2 Å². The second kappa shape index (κ2) is 10.2. The molecule has 3 heterocycles. The summed E-state index contributed by atoms with van der Waals surface area (Å²) in [5.41, 5.74) is 2.94. The highest BCUT2D eigenvalue weighted by Gasteiger charge is 2.37. The van der Waals surface area contributed by atoms with Gasteiger partial charge in [0.1, 0.15) is 11.6 Å². The number of carbonyl (C=O) groups is 1. The number of benzene rings is 2. The highest BCUT2D eigenvalue weighted by molar-refractivity contribution is 6.31. The highest BCUT2D eigenvalue weighted by atomic mass is 35.5. The first-order chi connectivity index (χ1) is 18.1. The molecule has 0 aliphatic carbocycles. The van der Waals surface area contributed by atoms with Gasteiger partial charge < -0.3 is 19.3 Å². The molecule has 11 heteroatoms. The van der Waals surface area contributed by atoms with Crippen LogP contribution in [0.1, 0.15) is 31.2 Å². The van der Waals surface area contributed by atoms with Gasteiger partial charge in [-0.3, -0.25) is 4.79 Å². The Labute approximate surface area is 222 Å². The average Bonchev–Trinajstić information content (AvgIpc) is 3.20. The summed E-state index contributed by atoms with van der Waals surface area (Å²) in [7, 11) is 0. The molecule has 0 amide bonds. The number of nitrogens with zero attached hydrogens (tertiary/aromatic N) is 5. The second-order valence-corrected chi connectivity index (χ2v) is 10.1. The van der Waals surface area contributed by atoms with Crippen LogP contribution >= 0.6 is 11.6 Å². The molecule has 1 aliphatic heterocycles. The maximum Gasteiger partial charge on any atom is 0.387 e. The summed E-state index contributed by atoms with van der Waals surface area (Å²) >= 11 is 6.36. The Bertz CT molecular complexity index is 1480. The zero-order valence-corrected chi connectivity index (χ0v) is 21.6. The molecule has 0 atom stereocenters. The minimum absolute atomic E-state index is 0.0234. The van der Waals surface area contributed by atoms with Crippen molar-refractivity contribution in [2.24, 2.45) is 5.41 Å². The molecule has 1 N–H and O–H groups in total. The van der Waals surface area contributed by atoms with Crippen LogP contribution in [0, 0.1) is 12.3 Å². The molecule has 2 aromatic heterocycles. The van der Waals surface area contributed by atoms with E-state index < -0.39 is 18.0 Å². The lowest BCUT2D eigenvalue weighted by Crippen LogP contribution is -2.43. The lowest BCUT2D eigenvalue weighted by Gasteiger charge is -2.36. The third kappa shape index (κ3) is 5.00. The van der Waals surface area contributed by atoms with Crippen molar-refractivity contribution in [3.8, 4) is 16.9 Å². The van der Waals surface area contributed by atoms with Crippen LogP contribution in [0.15, 0.2) is 48.8 Å². The van der Waals surface area contributed by atoms with Gasteiger partial charge in [-0.05, 0) is 56.5 Å². The van der Waals surface area contributed by atoms with Crippen molar-refractivity contribution in [1.82, 2.24) is 19.5 Å². The number of rotatable bonds is 7. The molecule has 0 spiro atoms. The van der Waals surface area contributed by atoms with E-state index in [0.717, 1.165) is 22.2 Å². The van der Waals surface area contributed by atoms with Gasteiger partial charge in [0, 0.05) is 41.6 Å². The van der Waals surface area contributed by atoms with Gasteiger partial charge in [0.2, 0.25) is 5.95 Å². The fraction of sp³-hybridized carbons (Fsp3) is 0.333. The first-order valence-corrected chi connectivity index (χ1v) is 12.5. The van der Waals surface area contributed by atoms with Crippen LogP contribution < -0.4 is 9.64 Å². The molecular formula is C27H26ClF2N5O3. The molecule has 1 fully saturated rings. The minimum Gasteiger partial charge on any atom is -0.481 e. The third-order valence-corrected chi connectivity index (χ3v) is 7.54. The normalized spacial score (nSPS) is 15.3. The van der Waals surface area contributed by atoms with Crippen molar-refractivity contribution in [3.63, 3.8) is 0 Å². The molecule has 38 heavy (non-hydrogen) atoms. The van der Waals surface area contributed by atoms with Crippen molar-refractivity contribution >= 4 is 34.6 Å². The molecule has 5 rings (SSSR count). The number of aryl methyl sites for hydroxylation is 1. The van der Waals surface area contributed by atoms with Crippen LogP contribution in [0.2, 0.25) is 5.02 Å². The Hall–Kier alpha value is -3.79. The summed E-state index contributed by atoms with van der Waals surface area (Å²) < 4.78 is 32.6. The quantitative estimate of drug-likeness (QED) is 0.316. The van der Waals surface area contributed by atoms with Gasteiger partial charge in [0.25, 0.3) is 0 Å². The van der Waals surface area contributed by atoms with Gasteiger partial charge in [0.05, 0.1) is 23.0 Å². The standard InChI is InChI=1S/C27H26ClF2N5O3/c1-16-33-21-7-6-17(12-22(21)35(16)15-19-20(28)4-3-5-23(19)38-25(29)30)18-13-31-26(32-14-18)34-10-8-27(2,9-11-34)24(36)37/h3-7,12-14,25H,8-11,15H2,1-2H3,(H,36,37). The van der Waals surface area contributed by atoms with E-state index >= 15 is 0 Å². The van der Waals surface area contributed by atoms with E-state index in [1.165, 1.54) is 6.07 Å². The predicted octanol–water partition coefficient (Wildman–Crippen LogP) is 5.80. The number of hydrogen-bond donors (Lipinski definition) is 1. The molecule has 0 radical (unpaired) electrons. The van der Waals surface area contributed by atoms with E-state index in [-0.39, 0.29) is 12.3 Å². The molecule has 0 unspecified atom stereocenters. The Morgan fingerprint density at radius 1 is 1.16 bits per heavy atom. The van der Waals surface area contributed by atoms with E-state index in [0.29, 0.717) is 48.3 Å². The first kappa shape index (κ1) is 25.8. The summed E-state index contributed by atoms with van der Waals surface area (Å²) in [4.78, 5) is 27.2. The molecule has 8 nitrogen and oxygen atoms in total. The fourth-order valence-electron chi connectivity index (χ4n) is 4.73. The van der Waals surface area contributed by atoms with Crippen LogP contribution in [-0.2, 0) is 11.3 Å². The van der Waals surface area contributed by atoms with Crippen LogP contribution in [0.5, 0.6) is 5.75 Å². The number of carboxylic acid groups (broad SMARTS) is 1. The van der Waals surface area contributed by atoms with E-state index in [2.05, 4.69) is 15.0 Å². The molecule has 2 aromatic carbocycles. The topological polar surface area (TPSA) is 93.4 Å². The number of fused-ring (bicyclic) bond motifs is 1. The number of piperidine rings is 1. The lowest BCUT2D eigenvalue weighted by atomic mass is 9.80. The van der Waals surface area contributed by atoms with Gasteiger partial charge in [-0.15, -0.1) is 0 Å². The van der Waals surface area contributed by atoms with Gasteiger partial charge >= 0.3 is 12.6 Å². The number of hydrogen-bond acceptors (Lipinski definition) is 6. The number of ether oxygens (including phenoxy) is 1. The Morgan fingerprint density at radius 2 is 1.87 bits per heavy atom.